The van der Waals surface area contributed by atoms with Gasteiger partial charge in [-0.3, -0.25) is 0 Å². The van der Waals surface area contributed by atoms with Crippen LogP contribution >= 0.6 is 0 Å². The van der Waals surface area contributed by atoms with E-state index in [0.29, 0.717) is 5.92 Å². The Morgan fingerprint density at radius 3 is 2.53 bits per heavy atom. The summed E-state index contributed by atoms with van der Waals surface area (Å²) in [6, 6.07) is 0. The molecule has 0 aromatic carbocycles. The number of hydrogen-bond donors (Lipinski definition) is 0. The van der Waals surface area contributed by atoms with Crippen molar-refractivity contribution in [3.05, 3.63) is 61.3 Å². The van der Waals surface area contributed by atoms with Crippen LogP contribution in [0.1, 0.15) is 26.7 Å². The van der Waals surface area contributed by atoms with Crippen LogP contribution < -0.4 is 0 Å². The van der Waals surface area contributed by atoms with E-state index >= 15 is 0 Å². The standard InChI is InChI=1S/C15H22/c1-5-8-9-12-14(4)13-15(10-6-2)11-7-3/h5-11,14H,1-2,12-13H2,3-4H3/b9-8-,11-7-,15-10+. The summed E-state index contributed by atoms with van der Waals surface area (Å²) >= 11 is 0. The molecule has 0 N–H and O–H groups in total. The van der Waals surface area contributed by atoms with Gasteiger partial charge >= 0.3 is 0 Å². The van der Waals surface area contributed by atoms with E-state index < -0.39 is 0 Å². The predicted octanol–water partition coefficient (Wildman–Crippen LogP) is 4.83. The zero-order chi connectivity index (χ0) is 11.5. The van der Waals surface area contributed by atoms with Gasteiger partial charge in [-0.1, -0.05) is 62.6 Å². The van der Waals surface area contributed by atoms with E-state index in [2.05, 4.69) is 44.4 Å². The summed E-state index contributed by atoms with van der Waals surface area (Å²) in [6.45, 7) is 11.7. The summed E-state index contributed by atoms with van der Waals surface area (Å²) in [4.78, 5) is 0. The van der Waals surface area contributed by atoms with Gasteiger partial charge in [-0.25, -0.2) is 0 Å². The van der Waals surface area contributed by atoms with Crippen molar-refractivity contribution in [3.8, 4) is 0 Å². The first-order chi connectivity index (χ1) is 7.24. The van der Waals surface area contributed by atoms with Crippen molar-refractivity contribution in [2.75, 3.05) is 0 Å². The van der Waals surface area contributed by atoms with Crippen LogP contribution in [0.2, 0.25) is 0 Å². The van der Waals surface area contributed by atoms with E-state index in [9.17, 15) is 0 Å². The summed E-state index contributed by atoms with van der Waals surface area (Å²) in [5, 5.41) is 0. The van der Waals surface area contributed by atoms with Crippen LogP contribution in [-0.2, 0) is 0 Å². The second kappa shape index (κ2) is 9.26. The number of rotatable bonds is 7. The fourth-order valence-corrected chi connectivity index (χ4v) is 1.45. The molecule has 0 heteroatoms. The van der Waals surface area contributed by atoms with Crippen LogP contribution in [-0.4, -0.2) is 0 Å². The molecule has 0 rings (SSSR count). The van der Waals surface area contributed by atoms with Crippen LogP contribution in [0.5, 0.6) is 0 Å². The van der Waals surface area contributed by atoms with Gasteiger partial charge in [0.2, 0.25) is 0 Å². The van der Waals surface area contributed by atoms with Crippen LogP contribution in [0.4, 0.5) is 0 Å². The fraction of sp³-hybridized carbons (Fsp3) is 0.333. The second-order valence-electron chi connectivity index (χ2n) is 3.69. The second-order valence-corrected chi connectivity index (χ2v) is 3.69. The van der Waals surface area contributed by atoms with Gasteiger partial charge in [0.1, 0.15) is 0 Å². The van der Waals surface area contributed by atoms with E-state index in [1.54, 1.807) is 0 Å². The van der Waals surface area contributed by atoms with Crippen molar-refractivity contribution >= 4 is 0 Å². The van der Waals surface area contributed by atoms with Crippen LogP contribution in [0.15, 0.2) is 61.3 Å². The van der Waals surface area contributed by atoms with Gasteiger partial charge < -0.3 is 0 Å². The highest BCUT2D eigenvalue weighted by atomic mass is 14.1. The first-order valence-electron chi connectivity index (χ1n) is 5.46. The Morgan fingerprint density at radius 1 is 1.27 bits per heavy atom. The molecule has 0 bridgehead atoms. The molecule has 15 heavy (non-hydrogen) atoms. The zero-order valence-electron chi connectivity index (χ0n) is 9.95. The highest BCUT2D eigenvalue weighted by Crippen LogP contribution is 2.16. The molecular formula is C15H22. The highest BCUT2D eigenvalue weighted by Gasteiger charge is 2.01. The molecule has 0 saturated carbocycles. The molecule has 82 valence electrons. The monoisotopic (exact) mass is 202 g/mol. The van der Waals surface area contributed by atoms with Crippen molar-refractivity contribution in [1.82, 2.24) is 0 Å². The largest absolute Gasteiger partial charge is 0.0991 e. The first-order valence-corrected chi connectivity index (χ1v) is 5.46. The Morgan fingerprint density at radius 2 is 2.00 bits per heavy atom. The molecule has 0 nitrogen and oxygen atoms in total. The average molecular weight is 202 g/mol. The molecule has 0 aliphatic heterocycles. The third kappa shape index (κ3) is 7.75. The van der Waals surface area contributed by atoms with Crippen LogP contribution in [0.3, 0.4) is 0 Å². The number of allylic oxidation sites excluding steroid dienone is 8. The third-order valence-corrected chi connectivity index (χ3v) is 2.11. The zero-order valence-corrected chi connectivity index (χ0v) is 9.95. The maximum Gasteiger partial charge on any atom is -0.0250 e. The molecule has 0 radical (unpaired) electrons. The van der Waals surface area contributed by atoms with Crippen molar-refractivity contribution in [3.63, 3.8) is 0 Å². The average Bonchev–Trinajstić information content (AvgIpc) is 2.19. The van der Waals surface area contributed by atoms with Crippen molar-refractivity contribution < 1.29 is 0 Å². The van der Waals surface area contributed by atoms with Crippen molar-refractivity contribution in [1.29, 1.82) is 0 Å². The molecule has 0 saturated heterocycles. The molecule has 0 fully saturated rings. The van der Waals surface area contributed by atoms with Crippen LogP contribution in [0.25, 0.3) is 0 Å². The van der Waals surface area contributed by atoms with E-state index in [1.165, 1.54) is 5.57 Å². The van der Waals surface area contributed by atoms with E-state index in [0.717, 1.165) is 12.8 Å². The van der Waals surface area contributed by atoms with Gasteiger partial charge in [0.05, 0.1) is 0 Å². The minimum absolute atomic E-state index is 0.656. The molecule has 0 aromatic rings. The Balaban J connectivity index is 4.16. The Hall–Kier alpha value is -1.30. The van der Waals surface area contributed by atoms with E-state index in [4.69, 9.17) is 0 Å². The Bertz CT molecular complexity index is 264. The summed E-state index contributed by atoms with van der Waals surface area (Å²) in [5.74, 6) is 0.656. The SMILES string of the molecule is C=C/C=C\CC(C)CC(/C=C\C)=C/C=C. The number of hydrogen-bond acceptors (Lipinski definition) is 0. The molecule has 0 aliphatic carbocycles. The minimum Gasteiger partial charge on any atom is -0.0991 e. The first kappa shape index (κ1) is 13.7. The van der Waals surface area contributed by atoms with Gasteiger partial charge in [0.25, 0.3) is 0 Å². The lowest BCUT2D eigenvalue weighted by Crippen LogP contribution is -1.94. The molecule has 0 spiro atoms. The predicted molar refractivity (Wildman–Crippen MR) is 70.8 cm³/mol. The van der Waals surface area contributed by atoms with Gasteiger partial charge in [0.15, 0.2) is 0 Å². The highest BCUT2D eigenvalue weighted by molar-refractivity contribution is 5.23. The van der Waals surface area contributed by atoms with E-state index in [-0.39, 0.29) is 0 Å². The smallest absolute Gasteiger partial charge is 0.0250 e. The molecule has 0 aliphatic rings. The maximum atomic E-state index is 3.73. The molecule has 1 unspecified atom stereocenters. The molecular weight excluding hydrogens is 180 g/mol. The summed E-state index contributed by atoms with van der Waals surface area (Å²) in [5.41, 5.74) is 1.34. The van der Waals surface area contributed by atoms with Gasteiger partial charge in [-0.05, 0) is 31.3 Å². The molecule has 0 heterocycles. The lowest BCUT2D eigenvalue weighted by molar-refractivity contribution is 0.592. The Kier molecular flexibility index (Phi) is 8.46. The maximum absolute atomic E-state index is 3.73. The molecule has 0 amide bonds. The van der Waals surface area contributed by atoms with Crippen LogP contribution in [0, 0.1) is 5.92 Å². The molecule has 0 aromatic heterocycles. The van der Waals surface area contributed by atoms with Crippen molar-refractivity contribution in [2.24, 2.45) is 5.92 Å². The summed E-state index contributed by atoms with van der Waals surface area (Å²) < 4.78 is 0. The summed E-state index contributed by atoms with van der Waals surface area (Å²) in [6.07, 6.45) is 16.3. The third-order valence-electron chi connectivity index (χ3n) is 2.11. The topological polar surface area (TPSA) is 0 Å². The van der Waals surface area contributed by atoms with Gasteiger partial charge in [0, 0.05) is 0 Å². The van der Waals surface area contributed by atoms with Crippen molar-refractivity contribution in [2.45, 2.75) is 26.7 Å². The van der Waals surface area contributed by atoms with Gasteiger partial charge in [-0.2, -0.15) is 0 Å². The Labute approximate surface area is 94.4 Å². The quantitative estimate of drug-likeness (QED) is 0.518. The van der Waals surface area contributed by atoms with Gasteiger partial charge in [-0.15, -0.1) is 0 Å². The molecule has 1 atom stereocenters. The van der Waals surface area contributed by atoms with E-state index in [1.807, 2.05) is 25.2 Å². The lowest BCUT2D eigenvalue weighted by atomic mass is 9.97. The fourth-order valence-electron chi connectivity index (χ4n) is 1.45. The lowest BCUT2D eigenvalue weighted by Gasteiger charge is -2.08. The normalized spacial score (nSPS) is 14.7. The minimum atomic E-state index is 0.656. The summed E-state index contributed by atoms with van der Waals surface area (Å²) in [7, 11) is 0.